The maximum Gasteiger partial charge on any atom is 0.242 e. The molecular weight excluding hydrogens is 388 g/mol. The summed E-state index contributed by atoms with van der Waals surface area (Å²) >= 11 is 1.00. The lowest BCUT2D eigenvalue weighted by atomic mass is 10.2. The van der Waals surface area contributed by atoms with Crippen LogP contribution < -0.4 is 4.72 Å². The molecule has 1 aliphatic heterocycles. The number of hydrogen-bond donors (Lipinski definition) is 1. The standard InChI is InChI=1S/C17H20N4O4S2/c1-12-5-6-15(25-12)14(21-7-9-24-10-8-21)11-18-27(22,23)16-4-2-3-13-17(16)20-26-19-13/h2-6,14,18H,7-11H2,1H3/t14-/m1/s1. The zero-order valence-electron chi connectivity index (χ0n) is 14.8. The normalized spacial score (nSPS) is 17.4. The SMILES string of the molecule is Cc1ccc([C@@H](CNS(=O)(=O)c2cccc3nsnc23)N2CCOCC2)o1. The van der Waals surface area contributed by atoms with Gasteiger partial charge in [-0.1, -0.05) is 6.07 Å². The smallest absolute Gasteiger partial charge is 0.242 e. The average molecular weight is 409 g/mol. The van der Waals surface area contributed by atoms with Crippen LogP contribution in [-0.2, 0) is 14.8 Å². The van der Waals surface area contributed by atoms with Crippen LogP contribution >= 0.6 is 11.7 Å². The molecule has 3 aromatic rings. The summed E-state index contributed by atoms with van der Waals surface area (Å²) in [6, 6.07) is 8.55. The molecule has 4 rings (SSSR count). The lowest BCUT2D eigenvalue weighted by Gasteiger charge is -2.33. The molecule has 1 atom stereocenters. The molecule has 144 valence electrons. The van der Waals surface area contributed by atoms with Crippen molar-refractivity contribution in [3.8, 4) is 0 Å². The number of benzene rings is 1. The Morgan fingerprint density at radius 2 is 2.04 bits per heavy atom. The number of ether oxygens (including phenoxy) is 1. The van der Waals surface area contributed by atoms with Gasteiger partial charge < -0.3 is 9.15 Å². The van der Waals surface area contributed by atoms with Crippen molar-refractivity contribution in [3.63, 3.8) is 0 Å². The van der Waals surface area contributed by atoms with Crippen molar-refractivity contribution >= 4 is 32.8 Å². The number of furan rings is 1. The quantitative estimate of drug-likeness (QED) is 0.666. The summed E-state index contributed by atoms with van der Waals surface area (Å²) < 4.78 is 48.0. The van der Waals surface area contributed by atoms with Gasteiger partial charge in [0.05, 0.1) is 31.0 Å². The Morgan fingerprint density at radius 3 is 2.78 bits per heavy atom. The number of hydrogen-bond acceptors (Lipinski definition) is 8. The zero-order valence-corrected chi connectivity index (χ0v) is 16.4. The highest BCUT2D eigenvalue weighted by Crippen LogP contribution is 2.25. The largest absolute Gasteiger partial charge is 0.465 e. The van der Waals surface area contributed by atoms with E-state index in [0.29, 0.717) is 24.2 Å². The van der Waals surface area contributed by atoms with Crippen molar-refractivity contribution in [2.24, 2.45) is 0 Å². The maximum absolute atomic E-state index is 12.9. The van der Waals surface area contributed by atoms with E-state index in [9.17, 15) is 8.42 Å². The van der Waals surface area contributed by atoms with Crippen LogP contribution in [0.3, 0.4) is 0 Å². The van der Waals surface area contributed by atoms with Gasteiger partial charge in [0.2, 0.25) is 10.0 Å². The molecule has 0 bridgehead atoms. The Kier molecular flexibility index (Phi) is 5.24. The maximum atomic E-state index is 12.9. The second-order valence-corrected chi connectivity index (χ2v) is 8.62. The van der Waals surface area contributed by atoms with E-state index in [2.05, 4.69) is 18.4 Å². The first-order valence-corrected chi connectivity index (χ1v) is 10.8. The molecule has 1 fully saturated rings. The Bertz CT molecular complexity index is 1020. The number of aryl methyl sites for hydroxylation is 1. The summed E-state index contributed by atoms with van der Waals surface area (Å²) in [6.45, 7) is 4.75. The molecule has 8 nitrogen and oxygen atoms in total. The van der Waals surface area contributed by atoms with Gasteiger partial charge in [0, 0.05) is 19.6 Å². The monoisotopic (exact) mass is 408 g/mol. The lowest BCUT2D eigenvalue weighted by molar-refractivity contribution is 0.0127. The summed E-state index contributed by atoms with van der Waals surface area (Å²) in [5.41, 5.74) is 0.973. The van der Waals surface area contributed by atoms with Crippen LogP contribution in [0.4, 0.5) is 0 Å². The number of fused-ring (bicyclic) bond motifs is 1. The van der Waals surface area contributed by atoms with Crippen LogP contribution in [-0.4, -0.2) is 54.9 Å². The van der Waals surface area contributed by atoms with Gasteiger partial charge in [-0.25, -0.2) is 13.1 Å². The van der Waals surface area contributed by atoms with Gasteiger partial charge >= 0.3 is 0 Å². The molecule has 0 amide bonds. The zero-order chi connectivity index (χ0) is 18.9. The predicted octanol–water partition coefficient (Wildman–Crippen LogP) is 1.94. The van der Waals surface area contributed by atoms with Crippen molar-refractivity contribution in [2.45, 2.75) is 17.9 Å². The third-order valence-electron chi connectivity index (χ3n) is 4.58. The van der Waals surface area contributed by atoms with Crippen molar-refractivity contribution in [1.29, 1.82) is 0 Å². The molecule has 0 radical (unpaired) electrons. The predicted molar refractivity (Wildman–Crippen MR) is 101 cm³/mol. The minimum Gasteiger partial charge on any atom is -0.465 e. The molecule has 1 aliphatic rings. The number of nitrogens with zero attached hydrogens (tertiary/aromatic N) is 3. The van der Waals surface area contributed by atoms with Crippen molar-refractivity contribution in [2.75, 3.05) is 32.8 Å². The summed E-state index contributed by atoms with van der Waals surface area (Å²) in [7, 11) is -3.74. The van der Waals surface area contributed by atoms with E-state index in [1.165, 1.54) is 0 Å². The summed E-state index contributed by atoms with van der Waals surface area (Å²) in [6.07, 6.45) is 0. The highest BCUT2D eigenvalue weighted by atomic mass is 32.2. The molecule has 1 aromatic carbocycles. The van der Waals surface area contributed by atoms with E-state index >= 15 is 0 Å². The van der Waals surface area contributed by atoms with Crippen LogP contribution in [0.25, 0.3) is 11.0 Å². The van der Waals surface area contributed by atoms with Gasteiger partial charge in [0.1, 0.15) is 27.4 Å². The highest BCUT2D eigenvalue weighted by molar-refractivity contribution is 7.89. The summed E-state index contributed by atoms with van der Waals surface area (Å²) in [4.78, 5) is 2.32. The molecule has 0 spiro atoms. The Labute approximate surface area is 161 Å². The van der Waals surface area contributed by atoms with E-state index in [-0.39, 0.29) is 17.5 Å². The summed E-state index contributed by atoms with van der Waals surface area (Å²) in [5, 5.41) is 0. The molecule has 0 unspecified atom stereocenters. The van der Waals surface area contributed by atoms with Gasteiger partial charge in [0.15, 0.2) is 0 Å². The number of rotatable bonds is 6. The molecule has 3 heterocycles. The fourth-order valence-corrected chi connectivity index (χ4v) is 5.00. The lowest BCUT2D eigenvalue weighted by Crippen LogP contribution is -2.43. The van der Waals surface area contributed by atoms with Crippen molar-refractivity contribution in [1.82, 2.24) is 18.4 Å². The van der Waals surface area contributed by atoms with Gasteiger partial charge in [-0.3, -0.25) is 4.90 Å². The molecule has 1 saturated heterocycles. The van der Waals surface area contributed by atoms with Gasteiger partial charge in [-0.2, -0.15) is 8.75 Å². The summed E-state index contributed by atoms with van der Waals surface area (Å²) in [5.74, 6) is 1.54. The first kappa shape index (κ1) is 18.5. The number of aromatic nitrogens is 2. The average Bonchev–Trinajstić information content (AvgIpc) is 3.31. The van der Waals surface area contributed by atoms with Crippen molar-refractivity contribution in [3.05, 3.63) is 41.9 Å². The molecule has 0 aliphatic carbocycles. The minimum atomic E-state index is -3.74. The molecule has 0 saturated carbocycles. The molecule has 2 aromatic heterocycles. The molecule has 27 heavy (non-hydrogen) atoms. The Balaban J connectivity index is 1.58. The van der Waals surface area contributed by atoms with Crippen LogP contribution in [0.5, 0.6) is 0 Å². The van der Waals surface area contributed by atoms with E-state index in [0.717, 1.165) is 36.3 Å². The molecule has 1 N–H and O–H groups in total. The number of morpholine rings is 1. The third-order valence-corrected chi connectivity index (χ3v) is 6.58. The van der Waals surface area contributed by atoms with E-state index < -0.39 is 10.0 Å². The van der Waals surface area contributed by atoms with Gasteiger partial charge in [-0.15, -0.1) is 0 Å². The Morgan fingerprint density at radius 1 is 1.22 bits per heavy atom. The highest BCUT2D eigenvalue weighted by Gasteiger charge is 2.28. The van der Waals surface area contributed by atoms with Crippen LogP contribution in [0.2, 0.25) is 0 Å². The number of nitrogens with one attached hydrogen (secondary N) is 1. The van der Waals surface area contributed by atoms with Crippen molar-refractivity contribution < 1.29 is 17.6 Å². The fraction of sp³-hybridized carbons (Fsp3) is 0.412. The molecular formula is C17H20N4O4S2. The Hall–Kier alpha value is -1.85. The van der Waals surface area contributed by atoms with Gasteiger partial charge in [0.25, 0.3) is 0 Å². The van der Waals surface area contributed by atoms with E-state index in [1.54, 1.807) is 18.2 Å². The first-order chi connectivity index (χ1) is 13.0. The van der Waals surface area contributed by atoms with Gasteiger partial charge in [-0.05, 0) is 31.2 Å². The molecule has 10 heteroatoms. The van der Waals surface area contributed by atoms with Crippen LogP contribution in [0.15, 0.2) is 39.6 Å². The second kappa shape index (κ2) is 7.64. The van der Waals surface area contributed by atoms with E-state index in [4.69, 9.17) is 9.15 Å². The van der Waals surface area contributed by atoms with E-state index in [1.807, 2.05) is 19.1 Å². The first-order valence-electron chi connectivity index (χ1n) is 8.64. The second-order valence-electron chi connectivity index (χ2n) is 6.35. The van der Waals surface area contributed by atoms with Crippen LogP contribution in [0, 0.1) is 6.92 Å². The number of sulfonamides is 1. The van der Waals surface area contributed by atoms with Crippen LogP contribution in [0.1, 0.15) is 17.6 Å². The third kappa shape index (κ3) is 3.90. The fourth-order valence-electron chi connectivity index (χ4n) is 3.20. The topological polar surface area (TPSA) is 97.6 Å². The minimum absolute atomic E-state index is 0.144.